The van der Waals surface area contributed by atoms with Crippen molar-refractivity contribution in [2.75, 3.05) is 0 Å². The van der Waals surface area contributed by atoms with E-state index in [1.54, 1.807) is 0 Å². The molecular weight excluding hydrogens is 332 g/mol. The number of hydrogen-bond donors (Lipinski definition) is 2. The first-order chi connectivity index (χ1) is 12.3. The van der Waals surface area contributed by atoms with Crippen LogP contribution in [0.4, 0.5) is 0 Å². The van der Waals surface area contributed by atoms with E-state index in [1.165, 1.54) is 16.7 Å². The van der Waals surface area contributed by atoms with E-state index in [0.29, 0.717) is 0 Å². The summed E-state index contributed by atoms with van der Waals surface area (Å²) in [7, 11) is 0. The molecule has 0 saturated carbocycles. The number of nitrogens with one attached hydrogen (secondary N) is 1. The molecular formula is C19H14N4OS. The third-order valence-corrected chi connectivity index (χ3v) is 5.12. The highest BCUT2D eigenvalue weighted by molar-refractivity contribution is 7.09. The number of benzene rings is 1. The molecule has 0 aliphatic rings. The molecule has 6 heteroatoms. The van der Waals surface area contributed by atoms with Crippen molar-refractivity contribution in [3.8, 4) is 22.5 Å². The fourth-order valence-corrected chi connectivity index (χ4v) is 3.67. The van der Waals surface area contributed by atoms with E-state index >= 15 is 0 Å². The summed E-state index contributed by atoms with van der Waals surface area (Å²) in [6, 6.07) is 12.4. The van der Waals surface area contributed by atoms with Crippen LogP contribution in [0.15, 0.2) is 60.4 Å². The zero-order valence-corrected chi connectivity index (χ0v) is 14.0. The number of aromatic amines is 1. The van der Waals surface area contributed by atoms with E-state index in [2.05, 4.69) is 34.2 Å². The number of aromatic nitrogens is 4. The Bertz CT molecular complexity index is 1200. The molecule has 4 heterocycles. The first kappa shape index (κ1) is 14.4. The van der Waals surface area contributed by atoms with Gasteiger partial charge in [0.2, 0.25) is 0 Å². The van der Waals surface area contributed by atoms with Crippen molar-refractivity contribution >= 4 is 27.9 Å². The standard InChI is InChI=1S/C19H14N4OS/c24-10-19-22-17(11-25-19)14-3-4-18-21-16(9-23(18)8-14)13-2-1-12-5-6-20-15(12)7-13/h1-9,11,20,24H,10H2. The Morgan fingerprint density at radius 2 is 1.92 bits per heavy atom. The van der Waals surface area contributed by atoms with Gasteiger partial charge in [0.05, 0.1) is 18.0 Å². The summed E-state index contributed by atoms with van der Waals surface area (Å²) in [5, 5.41) is 13.1. The summed E-state index contributed by atoms with van der Waals surface area (Å²) in [5.74, 6) is 0. The topological polar surface area (TPSA) is 66.2 Å². The maximum atomic E-state index is 9.19. The highest BCUT2D eigenvalue weighted by Crippen LogP contribution is 2.26. The van der Waals surface area contributed by atoms with Gasteiger partial charge in [-0.3, -0.25) is 0 Å². The molecule has 0 radical (unpaired) electrons. The van der Waals surface area contributed by atoms with Gasteiger partial charge in [-0.25, -0.2) is 9.97 Å². The number of hydrogen-bond acceptors (Lipinski definition) is 4. The first-order valence-electron chi connectivity index (χ1n) is 7.92. The maximum absolute atomic E-state index is 9.19. The van der Waals surface area contributed by atoms with E-state index in [4.69, 9.17) is 4.98 Å². The molecule has 0 fully saturated rings. The summed E-state index contributed by atoms with van der Waals surface area (Å²) in [4.78, 5) is 12.4. The molecule has 5 rings (SSSR count). The van der Waals surface area contributed by atoms with Gasteiger partial charge < -0.3 is 14.5 Å². The predicted octanol–water partition coefficient (Wildman–Crippen LogP) is 4.10. The molecule has 0 bridgehead atoms. The van der Waals surface area contributed by atoms with Gasteiger partial charge in [-0.2, -0.15) is 0 Å². The number of aliphatic hydroxyl groups excluding tert-OH is 1. The number of thiazole rings is 1. The molecule has 0 atom stereocenters. The van der Waals surface area contributed by atoms with Crippen LogP contribution >= 0.6 is 11.3 Å². The third kappa shape index (κ3) is 2.43. The number of fused-ring (bicyclic) bond motifs is 2. The Hall–Kier alpha value is -2.96. The molecule has 0 amide bonds. The van der Waals surface area contributed by atoms with Gasteiger partial charge in [-0.1, -0.05) is 12.1 Å². The van der Waals surface area contributed by atoms with Crippen LogP contribution in [0.5, 0.6) is 0 Å². The van der Waals surface area contributed by atoms with Crippen LogP contribution in [0.2, 0.25) is 0 Å². The summed E-state index contributed by atoms with van der Waals surface area (Å²) in [6.07, 6.45) is 6.00. The molecule has 4 aromatic heterocycles. The molecule has 5 nitrogen and oxygen atoms in total. The Balaban J connectivity index is 1.58. The van der Waals surface area contributed by atoms with Crippen LogP contribution in [0, 0.1) is 0 Å². The van der Waals surface area contributed by atoms with Crippen molar-refractivity contribution in [2.45, 2.75) is 6.61 Å². The molecule has 0 spiro atoms. The van der Waals surface area contributed by atoms with Crippen molar-refractivity contribution in [3.05, 3.63) is 65.4 Å². The van der Waals surface area contributed by atoms with Crippen LogP contribution in [-0.2, 0) is 6.61 Å². The van der Waals surface area contributed by atoms with E-state index in [1.807, 2.05) is 40.5 Å². The van der Waals surface area contributed by atoms with Gasteiger partial charge in [0.1, 0.15) is 10.7 Å². The van der Waals surface area contributed by atoms with Gasteiger partial charge >= 0.3 is 0 Å². The molecule has 1 aromatic carbocycles. The molecule has 25 heavy (non-hydrogen) atoms. The lowest BCUT2D eigenvalue weighted by atomic mass is 10.1. The molecule has 2 N–H and O–H groups in total. The van der Waals surface area contributed by atoms with Gasteiger partial charge in [0, 0.05) is 40.6 Å². The largest absolute Gasteiger partial charge is 0.389 e. The fraction of sp³-hybridized carbons (Fsp3) is 0.0526. The van der Waals surface area contributed by atoms with Crippen molar-refractivity contribution < 1.29 is 5.11 Å². The SMILES string of the molecule is OCc1nc(-c2ccc3nc(-c4ccc5cc[nH]c5c4)cn3c2)cs1. The molecule has 0 aliphatic heterocycles. The average molecular weight is 346 g/mol. The number of H-pyrrole nitrogens is 1. The highest BCUT2D eigenvalue weighted by atomic mass is 32.1. The summed E-state index contributed by atoms with van der Waals surface area (Å²) in [6.45, 7) is -0.0244. The Morgan fingerprint density at radius 1 is 1.00 bits per heavy atom. The summed E-state index contributed by atoms with van der Waals surface area (Å²) < 4.78 is 2.02. The number of aliphatic hydroxyl groups is 1. The predicted molar refractivity (Wildman–Crippen MR) is 99.5 cm³/mol. The van der Waals surface area contributed by atoms with Crippen LogP contribution in [-0.4, -0.2) is 24.5 Å². The van der Waals surface area contributed by atoms with Crippen molar-refractivity contribution in [2.24, 2.45) is 0 Å². The third-order valence-electron chi connectivity index (χ3n) is 4.28. The van der Waals surface area contributed by atoms with E-state index in [9.17, 15) is 5.11 Å². The van der Waals surface area contributed by atoms with Gasteiger partial charge in [0.25, 0.3) is 0 Å². The maximum Gasteiger partial charge on any atom is 0.137 e. The zero-order valence-electron chi connectivity index (χ0n) is 13.2. The molecule has 0 unspecified atom stereocenters. The van der Waals surface area contributed by atoms with E-state index in [0.717, 1.165) is 38.7 Å². The van der Waals surface area contributed by atoms with E-state index < -0.39 is 0 Å². The lowest BCUT2D eigenvalue weighted by Crippen LogP contribution is -1.86. The fourth-order valence-electron chi connectivity index (χ4n) is 3.01. The Morgan fingerprint density at radius 3 is 2.80 bits per heavy atom. The minimum atomic E-state index is -0.0244. The van der Waals surface area contributed by atoms with Gasteiger partial charge in [-0.15, -0.1) is 11.3 Å². The van der Waals surface area contributed by atoms with Crippen molar-refractivity contribution in [1.29, 1.82) is 0 Å². The van der Waals surface area contributed by atoms with Crippen LogP contribution in [0.1, 0.15) is 5.01 Å². The minimum Gasteiger partial charge on any atom is -0.389 e. The minimum absolute atomic E-state index is 0.0244. The van der Waals surface area contributed by atoms with E-state index in [-0.39, 0.29) is 6.61 Å². The highest BCUT2D eigenvalue weighted by Gasteiger charge is 2.09. The summed E-state index contributed by atoms with van der Waals surface area (Å²) in [5.41, 5.74) is 5.89. The number of pyridine rings is 1. The summed E-state index contributed by atoms with van der Waals surface area (Å²) >= 11 is 1.46. The Kier molecular flexibility index (Phi) is 3.19. The second kappa shape index (κ2) is 5.54. The number of imidazole rings is 1. The zero-order chi connectivity index (χ0) is 16.8. The number of nitrogens with zero attached hydrogens (tertiary/aromatic N) is 3. The molecule has 0 aliphatic carbocycles. The molecule has 5 aromatic rings. The smallest absolute Gasteiger partial charge is 0.137 e. The lowest BCUT2D eigenvalue weighted by Gasteiger charge is -1.98. The van der Waals surface area contributed by atoms with Crippen molar-refractivity contribution in [3.63, 3.8) is 0 Å². The Labute approximate surface area is 147 Å². The lowest BCUT2D eigenvalue weighted by molar-refractivity contribution is 0.281. The first-order valence-corrected chi connectivity index (χ1v) is 8.80. The van der Waals surface area contributed by atoms with Crippen LogP contribution < -0.4 is 0 Å². The van der Waals surface area contributed by atoms with Gasteiger partial charge in [0.15, 0.2) is 0 Å². The second-order valence-electron chi connectivity index (χ2n) is 5.87. The van der Waals surface area contributed by atoms with Crippen LogP contribution in [0.25, 0.3) is 39.1 Å². The monoisotopic (exact) mass is 346 g/mol. The van der Waals surface area contributed by atoms with Gasteiger partial charge in [-0.05, 0) is 29.7 Å². The van der Waals surface area contributed by atoms with Crippen molar-refractivity contribution in [1.82, 2.24) is 19.4 Å². The quantitative estimate of drug-likeness (QED) is 0.517. The van der Waals surface area contributed by atoms with Crippen LogP contribution in [0.3, 0.4) is 0 Å². The second-order valence-corrected chi connectivity index (χ2v) is 6.82. The number of rotatable bonds is 3. The average Bonchev–Trinajstić information content (AvgIpc) is 3.37. The molecule has 0 saturated heterocycles. The normalized spacial score (nSPS) is 11.6. The molecule has 122 valence electrons.